The highest BCUT2D eigenvalue weighted by Gasteiger charge is 2.38. The highest BCUT2D eigenvalue weighted by Crippen LogP contribution is 2.32. The van der Waals surface area contributed by atoms with E-state index in [2.05, 4.69) is 10.3 Å². The van der Waals surface area contributed by atoms with Gasteiger partial charge in [0.05, 0.1) is 12.6 Å². The van der Waals surface area contributed by atoms with Crippen molar-refractivity contribution >= 4 is 28.5 Å². The number of urea groups is 1. The predicted molar refractivity (Wildman–Crippen MR) is 94.7 cm³/mol. The number of amides is 2. The Morgan fingerprint density at radius 3 is 2.72 bits per heavy atom. The Morgan fingerprint density at radius 1 is 1.16 bits per heavy atom. The summed E-state index contributed by atoms with van der Waals surface area (Å²) in [5, 5.41) is 4.85. The van der Waals surface area contributed by atoms with Gasteiger partial charge in [-0.2, -0.15) is 0 Å². The summed E-state index contributed by atoms with van der Waals surface area (Å²) in [5.74, 6) is -1.09. The third-order valence-electron chi connectivity index (χ3n) is 4.28. The van der Waals surface area contributed by atoms with Crippen LogP contribution in [0.1, 0.15) is 18.5 Å². The van der Waals surface area contributed by atoms with Crippen molar-refractivity contribution in [1.29, 1.82) is 0 Å². The van der Waals surface area contributed by atoms with Crippen molar-refractivity contribution < 1.29 is 19.1 Å². The largest absolute Gasteiger partial charge is 0.463 e. The maximum Gasteiger partial charge on any atom is 0.341 e. The molecule has 0 aromatic heterocycles. The molecule has 0 radical (unpaired) electrons. The zero-order chi connectivity index (χ0) is 17.8. The van der Waals surface area contributed by atoms with Gasteiger partial charge in [-0.25, -0.2) is 9.79 Å². The van der Waals surface area contributed by atoms with E-state index in [4.69, 9.17) is 9.47 Å². The van der Waals surface area contributed by atoms with Crippen LogP contribution in [-0.2, 0) is 14.3 Å². The summed E-state index contributed by atoms with van der Waals surface area (Å²) in [5.41, 5.74) is 1.32. The Bertz CT molecular complexity index is 826. The van der Waals surface area contributed by atoms with Gasteiger partial charge in [-0.3, -0.25) is 4.79 Å². The molecule has 0 saturated carbocycles. The SMILES string of the molecule is COCCOC(=O)C1C(C)=NC(=O)NC1c1cccc2ccccc12. The topological polar surface area (TPSA) is 77.0 Å². The molecule has 1 aliphatic heterocycles. The van der Waals surface area contributed by atoms with Gasteiger partial charge in [0, 0.05) is 12.8 Å². The summed E-state index contributed by atoms with van der Waals surface area (Å²) >= 11 is 0. The van der Waals surface area contributed by atoms with E-state index in [1.165, 1.54) is 0 Å². The molecule has 130 valence electrons. The van der Waals surface area contributed by atoms with Crippen LogP contribution in [0, 0.1) is 5.92 Å². The minimum atomic E-state index is -0.666. The molecule has 6 heteroatoms. The molecule has 2 aromatic carbocycles. The van der Waals surface area contributed by atoms with E-state index in [1.54, 1.807) is 14.0 Å². The van der Waals surface area contributed by atoms with Crippen molar-refractivity contribution in [2.24, 2.45) is 10.9 Å². The summed E-state index contributed by atoms with van der Waals surface area (Å²) in [6.45, 7) is 2.16. The minimum Gasteiger partial charge on any atom is -0.463 e. The van der Waals surface area contributed by atoms with Crippen LogP contribution in [0.15, 0.2) is 47.5 Å². The Balaban J connectivity index is 2.00. The highest BCUT2D eigenvalue weighted by atomic mass is 16.6. The molecule has 0 spiro atoms. The van der Waals surface area contributed by atoms with Gasteiger partial charge in [0.1, 0.15) is 12.5 Å². The number of benzene rings is 2. The summed E-state index contributed by atoms with van der Waals surface area (Å²) in [6.07, 6.45) is 0. The number of methoxy groups -OCH3 is 1. The summed E-state index contributed by atoms with van der Waals surface area (Å²) < 4.78 is 10.2. The van der Waals surface area contributed by atoms with Crippen molar-refractivity contribution in [2.75, 3.05) is 20.3 Å². The van der Waals surface area contributed by atoms with Crippen molar-refractivity contribution in [3.05, 3.63) is 48.0 Å². The molecule has 0 bridgehead atoms. The standard InChI is InChI=1S/C19H20N2O4/c1-12-16(18(22)25-11-10-24-2)17(21-19(23)20-12)15-9-5-7-13-6-3-4-8-14(13)15/h3-9,16-17H,10-11H2,1-2H3,(H,21,23). The van der Waals surface area contributed by atoms with Gasteiger partial charge in [0.25, 0.3) is 0 Å². The molecule has 2 atom stereocenters. The van der Waals surface area contributed by atoms with Gasteiger partial charge in [0.15, 0.2) is 0 Å². The quantitative estimate of drug-likeness (QED) is 0.671. The first kappa shape index (κ1) is 17.1. The Hall–Kier alpha value is -2.73. The van der Waals surface area contributed by atoms with Gasteiger partial charge in [0.2, 0.25) is 0 Å². The number of aliphatic imine (C=N–C) groups is 1. The molecule has 0 fully saturated rings. The monoisotopic (exact) mass is 340 g/mol. The fraction of sp³-hybridized carbons (Fsp3) is 0.316. The van der Waals surface area contributed by atoms with Gasteiger partial charge < -0.3 is 14.8 Å². The number of carbonyl (C=O) groups is 2. The number of rotatable bonds is 5. The summed E-state index contributed by atoms with van der Waals surface area (Å²) in [6, 6.07) is 12.7. The van der Waals surface area contributed by atoms with E-state index in [9.17, 15) is 9.59 Å². The summed E-state index contributed by atoms with van der Waals surface area (Å²) in [7, 11) is 1.54. The van der Waals surface area contributed by atoms with E-state index in [0.717, 1.165) is 16.3 Å². The van der Waals surface area contributed by atoms with Crippen LogP contribution in [0.25, 0.3) is 10.8 Å². The van der Waals surface area contributed by atoms with E-state index >= 15 is 0 Å². The maximum absolute atomic E-state index is 12.6. The van der Waals surface area contributed by atoms with Crippen molar-refractivity contribution in [1.82, 2.24) is 5.32 Å². The molecule has 0 saturated heterocycles. The lowest BCUT2D eigenvalue weighted by Crippen LogP contribution is -2.44. The number of ether oxygens (including phenoxy) is 2. The van der Waals surface area contributed by atoms with Gasteiger partial charge in [-0.05, 0) is 23.3 Å². The average molecular weight is 340 g/mol. The first-order valence-electron chi connectivity index (χ1n) is 8.10. The van der Waals surface area contributed by atoms with Crippen LogP contribution in [0.5, 0.6) is 0 Å². The van der Waals surface area contributed by atoms with Crippen LogP contribution in [-0.4, -0.2) is 38.0 Å². The van der Waals surface area contributed by atoms with Gasteiger partial charge in [-0.15, -0.1) is 0 Å². The van der Waals surface area contributed by atoms with E-state index in [1.807, 2.05) is 42.5 Å². The molecule has 2 unspecified atom stereocenters. The number of hydrogen-bond acceptors (Lipinski definition) is 4. The minimum absolute atomic E-state index is 0.162. The first-order valence-corrected chi connectivity index (χ1v) is 8.10. The number of carbonyl (C=O) groups excluding carboxylic acids is 2. The first-order chi connectivity index (χ1) is 12.1. The number of esters is 1. The zero-order valence-corrected chi connectivity index (χ0v) is 14.2. The van der Waals surface area contributed by atoms with Crippen LogP contribution in [0.3, 0.4) is 0 Å². The number of nitrogens with zero attached hydrogens (tertiary/aromatic N) is 1. The molecular formula is C19H20N2O4. The molecule has 0 aliphatic carbocycles. The third kappa shape index (κ3) is 3.53. The fourth-order valence-electron chi connectivity index (χ4n) is 3.12. The molecule has 1 heterocycles. The van der Waals surface area contributed by atoms with Crippen LogP contribution >= 0.6 is 0 Å². The fourth-order valence-corrected chi connectivity index (χ4v) is 3.12. The van der Waals surface area contributed by atoms with Crippen molar-refractivity contribution in [3.63, 3.8) is 0 Å². The number of nitrogens with one attached hydrogen (secondary N) is 1. The molecule has 2 aromatic rings. The van der Waals surface area contributed by atoms with E-state index in [-0.39, 0.29) is 6.61 Å². The molecule has 25 heavy (non-hydrogen) atoms. The van der Waals surface area contributed by atoms with Crippen molar-refractivity contribution in [2.45, 2.75) is 13.0 Å². The van der Waals surface area contributed by atoms with Crippen molar-refractivity contribution in [3.8, 4) is 0 Å². The number of hydrogen-bond donors (Lipinski definition) is 1. The second-order valence-corrected chi connectivity index (χ2v) is 5.89. The Kier molecular flexibility index (Phi) is 5.09. The molecule has 1 aliphatic rings. The van der Waals surface area contributed by atoms with E-state index < -0.39 is 24.0 Å². The smallest absolute Gasteiger partial charge is 0.341 e. The highest BCUT2D eigenvalue weighted by molar-refractivity contribution is 6.08. The Labute approximate surface area is 145 Å². The maximum atomic E-state index is 12.6. The van der Waals surface area contributed by atoms with E-state index in [0.29, 0.717) is 12.3 Å². The lowest BCUT2D eigenvalue weighted by atomic mass is 9.86. The third-order valence-corrected chi connectivity index (χ3v) is 4.28. The second-order valence-electron chi connectivity index (χ2n) is 5.89. The van der Waals surface area contributed by atoms with Gasteiger partial charge in [-0.1, -0.05) is 42.5 Å². The second kappa shape index (κ2) is 7.44. The van der Waals surface area contributed by atoms with Crippen LogP contribution in [0.2, 0.25) is 0 Å². The molecule has 3 rings (SSSR count). The number of fused-ring (bicyclic) bond motifs is 1. The normalized spacial score (nSPS) is 20.1. The van der Waals surface area contributed by atoms with Crippen LogP contribution < -0.4 is 5.32 Å². The lowest BCUT2D eigenvalue weighted by molar-refractivity contribution is -0.148. The predicted octanol–water partition coefficient (Wildman–Crippen LogP) is 2.87. The lowest BCUT2D eigenvalue weighted by Gasteiger charge is -2.30. The summed E-state index contributed by atoms with van der Waals surface area (Å²) in [4.78, 5) is 28.5. The zero-order valence-electron chi connectivity index (χ0n) is 14.2. The Morgan fingerprint density at radius 2 is 1.92 bits per heavy atom. The average Bonchev–Trinajstić information content (AvgIpc) is 2.60. The van der Waals surface area contributed by atoms with Gasteiger partial charge >= 0.3 is 12.0 Å². The molecule has 2 amide bonds. The molecule has 1 N–H and O–H groups in total. The molecular weight excluding hydrogens is 320 g/mol. The molecule has 6 nitrogen and oxygen atoms in total. The van der Waals surface area contributed by atoms with Crippen LogP contribution in [0.4, 0.5) is 4.79 Å².